The lowest BCUT2D eigenvalue weighted by Crippen LogP contribution is -2.08. The van der Waals surface area contributed by atoms with Gasteiger partial charge in [0.1, 0.15) is 0 Å². The average Bonchev–Trinajstić information content (AvgIpc) is 3.30. The van der Waals surface area contributed by atoms with Gasteiger partial charge in [-0.25, -0.2) is 4.68 Å². The van der Waals surface area contributed by atoms with Gasteiger partial charge in [0.25, 0.3) is 0 Å². The first-order chi connectivity index (χ1) is 13.2. The fourth-order valence-corrected chi connectivity index (χ4v) is 4.46. The maximum Gasteiger partial charge on any atom is 0.435 e. The van der Waals surface area contributed by atoms with E-state index in [9.17, 15) is 17.4 Å². The normalized spacial score (nSPS) is 13.7. The van der Waals surface area contributed by atoms with Crippen molar-refractivity contribution in [1.82, 2.24) is 9.78 Å². The number of benzene rings is 1. The van der Waals surface area contributed by atoms with Crippen LogP contribution in [0.2, 0.25) is 0 Å². The van der Waals surface area contributed by atoms with Gasteiger partial charge < -0.3 is 0 Å². The van der Waals surface area contributed by atoms with Crippen LogP contribution in [0, 0.1) is 0 Å². The van der Waals surface area contributed by atoms with Crippen molar-refractivity contribution in [2.45, 2.75) is 18.0 Å². The van der Waals surface area contributed by atoms with Gasteiger partial charge in [-0.15, -0.1) is 22.9 Å². The summed E-state index contributed by atoms with van der Waals surface area (Å²) in [5, 5.41) is 3.72. The molecule has 0 aliphatic carbocycles. The quantitative estimate of drug-likeness (QED) is 0.443. The Morgan fingerprint density at radius 3 is 2.57 bits per heavy atom. The number of rotatable bonds is 5. The molecule has 2 aromatic heterocycles. The third-order valence-corrected chi connectivity index (χ3v) is 6.40. The van der Waals surface area contributed by atoms with Crippen LogP contribution in [-0.4, -0.2) is 26.1 Å². The van der Waals surface area contributed by atoms with E-state index in [2.05, 4.69) is 5.10 Å². The van der Waals surface area contributed by atoms with E-state index in [1.54, 1.807) is 31.4 Å². The zero-order chi connectivity index (χ0) is 20.5. The van der Waals surface area contributed by atoms with E-state index >= 15 is 0 Å². The highest BCUT2D eigenvalue weighted by Crippen LogP contribution is 2.38. The molecule has 3 nitrogen and oxygen atoms in total. The molecule has 0 radical (unpaired) electrons. The topological polar surface area (TPSA) is 34.9 Å². The van der Waals surface area contributed by atoms with E-state index in [4.69, 9.17) is 11.6 Å². The van der Waals surface area contributed by atoms with Crippen molar-refractivity contribution in [2.24, 2.45) is 0 Å². The van der Waals surface area contributed by atoms with Crippen LogP contribution >= 0.6 is 22.9 Å². The zero-order valence-corrected chi connectivity index (χ0v) is 17.3. The largest absolute Gasteiger partial charge is 0.435 e. The Labute approximate surface area is 171 Å². The number of hydrogen-bond acceptors (Lipinski definition) is 3. The highest BCUT2D eigenvalue weighted by Gasteiger charge is 2.35. The summed E-state index contributed by atoms with van der Waals surface area (Å²) in [6, 6.07) is 11.9. The molecule has 148 valence electrons. The van der Waals surface area contributed by atoms with Gasteiger partial charge in [-0.3, -0.25) is 4.21 Å². The van der Waals surface area contributed by atoms with Crippen molar-refractivity contribution in [1.29, 1.82) is 0 Å². The molecule has 1 unspecified atom stereocenters. The second kappa shape index (κ2) is 8.23. The summed E-state index contributed by atoms with van der Waals surface area (Å²) in [6.45, 7) is 1.70. The zero-order valence-electron chi connectivity index (χ0n) is 15.0. The smallest absolute Gasteiger partial charge is 0.255 e. The minimum atomic E-state index is -4.55. The Hall–Kier alpha value is -1.90. The van der Waals surface area contributed by atoms with Gasteiger partial charge in [-0.2, -0.15) is 18.3 Å². The standard InChI is InChI=1S/C19H16ClF3N2OS2/c1-3-13(11-20)25-15(10-18(24-25)19(21,22)23)17-8-7-16(27-17)12-5-4-6-14(9-12)28(2)26/h3-10H,11H2,1-2H3/b13-3+. The molecule has 0 spiro atoms. The Kier molecular flexibility index (Phi) is 6.12. The summed E-state index contributed by atoms with van der Waals surface area (Å²) < 4.78 is 52.6. The number of aromatic nitrogens is 2. The number of alkyl halides is 4. The average molecular weight is 445 g/mol. The lowest BCUT2D eigenvalue weighted by molar-refractivity contribution is -0.141. The molecular weight excluding hydrogens is 429 g/mol. The lowest BCUT2D eigenvalue weighted by Gasteiger charge is -2.07. The Morgan fingerprint density at radius 1 is 1.25 bits per heavy atom. The molecule has 0 bridgehead atoms. The van der Waals surface area contributed by atoms with Crippen LogP contribution in [0.15, 0.2) is 53.4 Å². The molecule has 0 saturated heterocycles. The van der Waals surface area contributed by atoms with Crippen LogP contribution < -0.4 is 0 Å². The van der Waals surface area contributed by atoms with Crippen LogP contribution in [0.1, 0.15) is 12.6 Å². The molecule has 0 N–H and O–H groups in total. The minimum Gasteiger partial charge on any atom is -0.255 e. The van der Waals surface area contributed by atoms with E-state index in [0.29, 0.717) is 21.2 Å². The molecule has 3 aromatic rings. The van der Waals surface area contributed by atoms with E-state index in [1.165, 1.54) is 16.0 Å². The van der Waals surface area contributed by atoms with Crippen molar-refractivity contribution in [3.05, 3.63) is 54.2 Å². The number of hydrogen-bond donors (Lipinski definition) is 0. The minimum absolute atomic E-state index is 0.0328. The monoisotopic (exact) mass is 444 g/mol. The van der Waals surface area contributed by atoms with Crippen LogP contribution in [0.3, 0.4) is 0 Å². The fourth-order valence-electron chi connectivity index (χ4n) is 2.63. The molecule has 1 aromatic carbocycles. The summed E-state index contributed by atoms with van der Waals surface area (Å²) in [4.78, 5) is 2.18. The van der Waals surface area contributed by atoms with Crippen LogP contribution in [-0.2, 0) is 17.0 Å². The maximum absolute atomic E-state index is 13.2. The summed E-state index contributed by atoms with van der Waals surface area (Å²) in [7, 11) is -1.12. The van der Waals surface area contributed by atoms with Crippen LogP contribution in [0.5, 0.6) is 0 Å². The first-order valence-electron chi connectivity index (χ1n) is 8.17. The molecule has 0 aliphatic rings. The number of allylic oxidation sites excluding steroid dienone is 2. The fraction of sp³-hybridized carbons (Fsp3) is 0.211. The number of thiophene rings is 1. The first-order valence-corrected chi connectivity index (χ1v) is 11.1. The Balaban J connectivity index is 2.09. The number of halogens is 4. The van der Waals surface area contributed by atoms with E-state index < -0.39 is 22.7 Å². The van der Waals surface area contributed by atoms with Gasteiger partial charge in [-0.05, 0) is 42.8 Å². The van der Waals surface area contributed by atoms with Crippen LogP contribution in [0.4, 0.5) is 13.2 Å². The van der Waals surface area contributed by atoms with Crippen LogP contribution in [0.25, 0.3) is 26.7 Å². The van der Waals surface area contributed by atoms with Gasteiger partial charge in [0.2, 0.25) is 0 Å². The molecule has 1 atom stereocenters. The predicted octanol–water partition coefficient (Wildman–Crippen LogP) is 6.13. The third kappa shape index (κ3) is 4.24. The van der Waals surface area contributed by atoms with Gasteiger partial charge in [0.15, 0.2) is 5.69 Å². The van der Waals surface area contributed by atoms with Crippen molar-refractivity contribution in [3.63, 3.8) is 0 Å². The SMILES string of the molecule is C/C=C(\CCl)n1nc(C(F)(F)F)cc1-c1ccc(-c2cccc(S(C)=O)c2)s1. The van der Waals surface area contributed by atoms with Gasteiger partial charge in [-0.1, -0.05) is 18.2 Å². The summed E-state index contributed by atoms with van der Waals surface area (Å²) in [6.07, 6.45) is -1.32. The van der Waals surface area contributed by atoms with Crippen molar-refractivity contribution >= 4 is 39.4 Å². The molecule has 28 heavy (non-hydrogen) atoms. The van der Waals surface area contributed by atoms with E-state index in [-0.39, 0.29) is 5.88 Å². The summed E-state index contributed by atoms with van der Waals surface area (Å²) in [5.74, 6) is 0.0328. The second-order valence-corrected chi connectivity index (χ2v) is 8.61. The van der Waals surface area contributed by atoms with E-state index in [1.807, 2.05) is 24.3 Å². The molecule has 0 amide bonds. The molecule has 0 saturated carbocycles. The predicted molar refractivity (Wildman–Crippen MR) is 109 cm³/mol. The van der Waals surface area contributed by atoms with Crippen molar-refractivity contribution < 1.29 is 17.4 Å². The Morgan fingerprint density at radius 2 is 1.96 bits per heavy atom. The molecular formula is C19H16ClF3N2OS2. The number of nitrogens with zero attached hydrogens (tertiary/aromatic N) is 2. The summed E-state index contributed by atoms with van der Waals surface area (Å²) >= 11 is 7.24. The van der Waals surface area contributed by atoms with Crippen molar-refractivity contribution in [2.75, 3.05) is 12.1 Å². The third-order valence-electron chi connectivity index (χ3n) is 4.05. The summed E-state index contributed by atoms with van der Waals surface area (Å²) in [5.41, 5.74) is 0.679. The molecule has 3 rings (SSSR count). The first kappa shape index (κ1) is 20.8. The molecule has 0 aliphatic heterocycles. The lowest BCUT2D eigenvalue weighted by atomic mass is 10.2. The molecule has 9 heteroatoms. The molecule has 2 heterocycles. The highest BCUT2D eigenvalue weighted by molar-refractivity contribution is 7.84. The van der Waals surface area contributed by atoms with Gasteiger partial charge >= 0.3 is 6.18 Å². The van der Waals surface area contributed by atoms with Gasteiger partial charge in [0, 0.05) is 26.8 Å². The second-order valence-electron chi connectivity index (χ2n) is 5.88. The van der Waals surface area contributed by atoms with E-state index in [0.717, 1.165) is 16.5 Å². The molecule has 0 fully saturated rings. The highest BCUT2D eigenvalue weighted by atomic mass is 35.5. The van der Waals surface area contributed by atoms with Crippen molar-refractivity contribution in [3.8, 4) is 21.0 Å². The van der Waals surface area contributed by atoms with Gasteiger partial charge in [0.05, 0.1) is 22.1 Å². The Bertz CT molecular complexity index is 1050. The maximum atomic E-state index is 13.2.